The van der Waals surface area contributed by atoms with E-state index in [1.54, 1.807) is 0 Å². The minimum absolute atomic E-state index is 0.105. The molecular weight excluding hydrogens is 230 g/mol. The Morgan fingerprint density at radius 1 is 1.56 bits per heavy atom. The highest BCUT2D eigenvalue weighted by Gasteiger charge is 2.18. The maximum atomic E-state index is 11.6. The summed E-state index contributed by atoms with van der Waals surface area (Å²) < 4.78 is 4.98. The van der Waals surface area contributed by atoms with Gasteiger partial charge in [0.15, 0.2) is 0 Å². The van der Waals surface area contributed by atoms with Crippen molar-refractivity contribution in [2.75, 3.05) is 33.3 Å². The van der Waals surface area contributed by atoms with E-state index in [9.17, 15) is 4.79 Å². The highest BCUT2D eigenvalue weighted by molar-refractivity contribution is 5.80. The van der Waals surface area contributed by atoms with E-state index in [-0.39, 0.29) is 12.5 Å². The van der Waals surface area contributed by atoms with Crippen molar-refractivity contribution in [2.24, 2.45) is 5.73 Å². The van der Waals surface area contributed by atoms with Gasteiger partial charge in [0.05, 0.1) is 0 Å². The lowest BCUT2D eigenvalue weighted by Gasteiger charge is -2.33. The molecule has 1 fully saturated rings. The zero-order chi connectivity index (χ0) is 13.4. The van der Waals surface area contributed by atoms with Crippen LogP contribution in [0.15, 0.2) is 0 Å². The average molecular weight is 257 g/mol. The highest BCUT2D eigenvalue weighted by atomic mass is 16.5. The number of rotatable bonds is 7. The summed E-state index contributed by atoms with van der Waals surface area (Å²) in [6.45, 7) is 5.46. The SMILES string of the molecule is COC(CN)C(=O)NCCCN1CCCCC1C. The second-order valence-electron chi connectivity index (χ2n) is 4.99. The first-order chi connectivity index (χ1) is 8.69. The fraction of sp³-hybridized carbons (Fsp3) is 0.923. The molecule has 0 bridgehead atoms. The lowest BCUT2D eigenvalue weighted by Crippen LogP contribution is -2.42. The van der Waals surface area contributed by atoms with E-state index in [1.165, 1.54) is 32.9 Å². The number of methoxy groups -OCH3 is 1. The molecule has 5 heteroatoms. The van der Waals surface area contributed by atoms with E-state index >= 15 is 0 Å². The van der Waals surface area contributed by atoms with Crippen LogP contribution in [0.3, 0.4) is 0 Å². The van der Waals surface area contributed by atoms with Gasteiger partial charge in [-0.1, -0.05) is 6.42 Å². The normalized spacial score (nSPS) is 22.7. The van der Waals surface area contributed by atoms with Crippen LogP contribution in [0.2, 0.25) is 0 Å². The molecule has 0 radical (unpaired) electrons. The van der Waals surface area contributed by atoms with Crippen LogP contribution in [0, 0.1) is 0 Å². The molecule has 0 saturated carbocycles. The molecule has 1 amide bonds. The topological polar surface area (TPSA) is 67.6 Å². The zero-order valence-electron chi connectivity index (χ0n) is 11.7. The second-order valence-corrected chi connectivity index (χ2v) is 4.99. The molecular formula is C13H27N3O2. The van der Waals surface area contributed by atoms with Gasteiger partial charge in [0.25, 0.3) is 0 Å². The van der Waals surface area contributed by atoms with E-state index in [4.69, 9.17) is 10.5 Å². The Balaban J connectivity index is 2.12. The number of carbonyl (C=O) groups excluding carboxylic acids is 1. The third-order valence-corrected chi connectivity index (χ3v) is 3.65. The third kappa shape index (κ3) is 4.92. The average Bonchev–Trinajstić information content (AvgIpc) is 2.38. The Labute approximate surface area is 110 Å². The molecule has 3 N–H and O–H groups in total. The van der Waals surface area contributed by atoms with E-state index in [1.807, 2.05) is 0 Å². The molecule has 0 spiro atoms. The van der Waals surface area contributed by atoms with Gasteiger partial charge in [-0.2, -0.15) is 0 Å². The Bertz CT molecular complexity index is 244. The summed E-state index contributed by atoms with van der Waals surface area (Å²) in [6.07, 6.45) is 4.41. The maximum absolute atomic E-state index is 11.6. The minimum Gasteiger partial charge on any atom is -0.370 e. The van der Waals surface area contributed by atoms with E-state index in [0.29, 0.717) is 12.6 Å². The highest BCUT2D eigenvalue weighted by Crippen LogP contribution is 2.15. The summed E-state index contributed by atoms with van der Waals surface area (Å²) in [5, 5.41) is 2.87. The van der Waals surface area contributed by atoms with Crippen LogP contribution in [0.4, 0.5) is 0 Å². The van der Waals surface area contributed by atoms with Crippen LogP contribution in [0.1, 0.15) is 32.6 Å². The van der Waals surface area contributed by atoms with Gasteiger partial charge in [-0.3, -0.25) is 4.79 Å². The molecule has 0 aromatic carbocycles. The van der Waals surface area contributed by atoms with Gasteiger partial charge in [-0.25, -0.2) is 0 Å². The van der Waals surface area contributed by atoms with Crippen molar-refractivity contribution in [2.45, 2.75) is 44.8 Å². The van der Waals surface area contributed by atoms with Crippen LogP contribution in [-0.2, 0) is 9.53 Å². The summed E-state index contributed by atoms with van der Waals surface area (Å²) in [6, 6.07) is 0.685. The van der Waals surface area contributed by atoms with Crippen molar-refractivity contribution < 1.29 is 9.53 Å². The van der Waals surface area contributed by atoms with Crippen LogP contribution in [0.5, 0.6) is 0 Å². The quantitative estimate of drug-likeness (QED) is 0.645. The lowest BCUT2D eigenvalue weighted by atomic mass is 10.0. The molecule has 1 aliphatic heterocycles. The number of hydrogen-bond donors (Lipinski definition) is 2. The predicted molar refractivity (Wildman–Crippen MR) is 72.4 cm³/mol. The standard InChI is InChI=1S/C13H27N3O2/c1-11-6-3-4-8-16(11)9-5-7-15-13(17)12(10-14)18-2/h11-12H,3-10,14H2,1-2H3,(H,15,17). The van der Waals surface area contributed by atoms with E-state index in [0.717, 1.165) is 13.0 Å². The fourth-order valence-corrected chi connectivity index (χ4v) is 2.41. The summed E-state index contributed by atoms with van der Waals surface area (Å²) in [5.74, 6) is -0.105. The van der Waals surface area contributed by atoms with Crippen molar-refractivity contribution in [3.05, 3.63) is 0 Å². The number of carbonyl (C=O) groups is 1. The summed E-state index contributed by atoms with van der Waals surface area (Å²) in [4.78, 5) is 14.1. The summed E-state index contributed by atoms with van der Waals surface area (Å²) in [7, 11) is 1.51. The lowest BCUT2D eigenvalue weighted by molar-refractivity contribution is -0.130. The van der Waals surface area contributed by atoms with Crippen molar-refractivity contribution in [1.29, 1.82) is 0 Å². The van der Waals surface area contributed by atoms with Crippen LogP contribution in [0.25, 0.3) is 0 Å². The third-order valence-electron chi connectivity index (χ3n) is 3.65. The number of hydrogen-bond acceptors (Lipinski definition) is 4. The largest absolute Gasteiger partial charge is 0.370 e. The molecule has 2 unspecified atom stereocenters. The molecule has 2 atom stereocenters. The van der Waals surface area contributed by atoms with Gasteiger partial charge < -0.3 is 20.7 Å². The van der Waals surface area contributed by atoms with Crippen molar-refractivity contribution in [1.82, 2.24) is 10.2 Å². The first-order valence-electron chi connectivity index (χ1n) is 6.93. The van der Waals surface area contributed by atoms with Gasteiger partial charge in [-0.05, 0) is 32.7 Å². The minimum atomic E-state index is -0.515. The molecule has 5 nitrogen and oxygen atoms in total. The monoisotopic (exact) mass is 257 g/mol. The Hall–Kier alpha value is -0.650. The molecule has 106 valence electrons. The van der Waals surface area contributed by atoms with Gasteiger partial charge >= 0.3 is 0 Å². The molecule has 1 heterocycles. The molecule has 1 rings (SSSR count). The Morgan fingerprint density at radius 3 is 2.94 bits per heavy atom. The molecule has 1 saturated heterocycles. The zero-order valence-corrected chi connectivity index (χ0v) is 11.7. The molecule has 18 heavy (non-hydrogen) atoms. The molecule has 1 aliphatic rings. The molecule has 0 aromatic rings. The van der Waals surface area contributed by atoms with E-state index < -0.39 is 6.10 Å². The molecule has 0 aromatic heterocycles. The number of nitrogens with one attached hydrogen (secondary N) is 1. The first-order valence-corrected chi connectivity index (χ1v) is 6.93. The van der Waals surface area contributed by atoms with Gasteiger partial charge in [0.1, 0.15) is 6.10 Å². The number of piperidine rings is 1. The number of ether oxygens (including phenoxy) is 1. The molecule has 0 aliphatic carbocycles. The van der Waals surface area contributed by atoms with E-state index in [2.05, 4.69) is 17.1 Å². The smallest absolute Gasteiger partial charge is 0.250 e. The Morgan fingerprint density at radius 2 is 2.33 bits per heavy atom. The first kappa shape index (κ1) is 15.4. The van der Waals surface area contributed by atoms with Crippen LogP contribution >= 0.6 is 0 Å². The van der Waals surface area contributed by atoms with Gasteiger partial charge in [-0.15, -0.1) is 0 Å². The van der Waals surface area contributed by atoms with Crippen LogP contribution in [-0.4, -0.2) is 56.2 Å². The van der Waals surface area contributed by atoms with Crippen molar-refractivity contribution >= 4 is 5.91 Å². The predicted octanol–water partition coefficient (Wildman–Crippen LogP) is 0.341. The van der Waals surface area contributed by atoms with Crippen LogP contribution < -0.4 is 11.1 Å². The van der Waals surface area contributed by atoms with Crippen molar-refractivity contribution in [3.63, 3.8) is 0 Å². The number of likely N-dealkylation sites (tertiary alicyclic amines) is 1. The summed E-state index contributed by atoms with van der Waals surface area (Å²) in [5.41, 5.74) is 5.43. The van der Waals surface area contributed by atoms with Gasteiger partial charge in [0.2, 0.25) is 5.91 Å². The second kappa shape index (κ2) is 8.45. The fourth-order valence-electron chi connectivity index (χ4n) is 2.41. The number of nitrogens with zero attached hydrogens (tertiary/aromatic N) is 1. The van der Waals surface area contributed by atoms with Gasteiger partial charge in [0, 0.05) is 32.8 Å². The number of amides is 1. The van der Waals surface area contributed by atoms with Crippen molar-refractivity contribution in [3.8, 4) is 0 Å². The number of nitrogens with two attached hydrogens (primary N) is 1. The Kier molecular flexibility index (Phi) is 7.23. The summed E-state index contributed by atoms with van der Waals surface area (Å²) >= 11 is 0. The maximum Gasteiger partial charge on any atom is 0.250 e.